The Morgan fingerprint density at radius 3 is 2.54 bits per heavy atom. The zero-order valence-electron chi connectivity index (χ0n) is 14.4. The Kier molecular flexibility index (Phi) is 4.75. The number of nitrogens with two attached hydrogens (primary N) is 1. The summed E-state index contributed by atoms with van der Waals surface area (Å²) in [6.45, 7) is 0. The van der Waals surface area contributed by atoms with Gasteiger partial charge in [-0.3, -0.25) is 9.59 Å². The van der Waals surface area contributed by atoms with Gasteiger partial charge in [0.05, 0.1) is 22.7 Å². The van der Waals surface area contributed by atoms with Gasteiger partial charge in [-0.15, -0.1) is 0 Å². The number of carboxylic acids is 1. The van der Waals surface area contributed by atoms with E-state index in [0.717, 1.165) is 30.9 Å². The summed E-state index contributed by atoms with van der Waals surface area (Å²) >= 11 is 0. The molecular formula is C20H20N2O4. The SMILES string of the molecule is CN(C(=O)c1ccc(C(=O)O)cc1C(N)=O)C1CCCc2ccccc21. The molecule has 0 aromatic heterocycles. The molecule has 6 heteroatoms. The number of hydrogen-bond acceptors (Lipinski definition) is 3. The monoisotopic (exact) mass is 352 g/mol. The molecule has 1 unspecified atom stereocenters. The fraction of sp³-hybridized carbons (Fsp3) is 0.250. The smallest absolute Gasteiger partial charge is 0.335 e. The van der Waals surface area contributed by atoms with Gasteiger partial charge in [0, 0.05) is 7.05 Å². The third-order valence-electron chi connectivity index (χ3n) is 4.89. The fourth-order valence-electron chi connectivity index (χ4n) is 3.53. The van der Waals surface area contributed by atoms with Gasteiger partial charge >= 0.3 is 5.97 Å². The molecule has 2 amide bonds. The Hall–Kier alpha value is -3.15. The quantitative estimate of drug-likeness (QED) is 0.883. The van der Waals surface area contributed by atoms with Crippen molar-refractivity contribution in [1.29, 1.82) is 0 Å². The first-order valence-electron chi connectivity index (χ1n) is 8.42. The third kappa shape index (κ3) is 3.18. The van der Waals surface area contributed by atoms with Crippen molar-refractivity contribution in [3.63, 3.8) is 0 Å². The molecule has 0 heterocycles. The van der Waals surface area contributed by atoms with E-state index in [-0.39, 0.29) is 28.6 Å². The molecule has 3 N–H and O–H groups in total. The van der Waals surface area contributed by atoms with Gasteiger partial charge in [-0.2, -0.15) is 0 Å². The van der Waals surface area contributed by atoms with Gasteiger partial charge < -0.3 is 15.7 Å². The lowest BCUT2D eigenvalue weighted by Gasteiger charge is -2.33. The predicted octanol–water partition coefficient (Wildman–Crippen LogP) is 2.63. The van der Waals surface area contributed by atoms with Crippen molar-refractivity contribution >= 4 is 17.8 Å². The number of carboxylic acid groups (broad SMARTS) is 1. The number of rotatable bonds is 4. The number of aryl methyl sites for hydroxylation is 1. The topological polar surface area (TPSA) is 101 Å². The molecule has 6 nitrogen and oxygen atoms in total. The van der Waals surface area contributed by atoms with Gasteiger partial charge in [0.1, 0.15) is 0 Å². The largest absolute Gasteiger partial charge is 0.478 e. The number of nitrogens with zero attached hydrogens (tertiary/aromatic N) is 1. The van der Waals surface area contributed by atoms with E-state index < -0.39 is 11.9 Å². The van der Waals surface area contributed by atoms with E-state index in [1.807, 2.05) is 18.2 Å². The highest BCUT2D eigenvalue weighted by Crippen LogP contribution is 2.34. The summed E-state index contributed by atoms with van der Waals surface area (Å²) in [4.78, 5) is 37.5. The summed E-state index contributed by atoms with van der Waals surface area (Å²) < 4.78 is 0. The van der Waals surface area contributed by atoms with Gasteiger partial charge in [0.15, 0.2) is 0 Å². The van der Waals surface area contributed by atoms with Crippen molar-refractivity contribution in [2.75, 3.05) is 7.05 Å². The van der Waals surface area contributed by atoms with Crippen LogP contribution in [0.2, 0.25) is 0 Å². The lowest BCUT2D eigenvalue weighted by atomic mass is 9.86. The van der Waals surface area contributed by atoms with E-state index in [4.69, 9.17) is 10.8 Å². The van der Waals surface area contributed by atoms with Gasteiger partial charge in [-0.25, -0.2) is 4.79 Å². The minimum Gasteiger partial charge on any atom is -0.478 e. The maximum absolute atomic E-state index is 13.0. The second kappa shape index (κ2) is 7.00. The molecular weight excluding hydrogens is 332 g/mol. The lowest BCUT2D eigenvalue weighted by Crippen LogP contribution is -2.34. The Bertz CT molecular complexity index is 891. The van der Waals surface area contributed by atoms with Crippen LogP contribution in [0.4, 0.5) is 0 Å². The molecule has 2 aromatic rings. The lowest BCUT2D eigenvalue weighted by molar-refractivity contribution is 0.0688. The first-order valence-corrected chi connectivity index (χ1v) is 8.42. The Balaban J connectivity index is 1.97. The highest BCUT2D eigenvalue weighted by atomic mass is 16.4. The number of fused-ring (bicyclic) bond motifs is 1. The van der Waals surface area contributed by atoms with Crippen molar-refractivity contribution in [3.05, 3.63) is 70.3 Å². The van der Waals surface area contributed by atoms with Crippen molar-refractivity contribution in [2.24, 2.45) is 5.73 Å². The molecule has 1 atom stereocenters. The number of benzene rings is 2. The van der Waals surface area contributed by atoms with Crippen LogP contribution >= 0.6 is 0 Å². The molecule has 2 aromatic carbocycles. The molecule has 1 aliphatic carbocycles. The van der Waals surface area contributed by atoms with Crippen LogP contribution in [0.1, 0.15) is 61.1 Å². The maximum atomic E-state index is 13.0. The molecule has 0 bridgehead atoms. The molecule has 0 spiro atoms. The zero-order chi connectivity index (χ0) is 18.8. The Morgan fingerprint density at radius 2 is 1.85 bits per heavy atom. The molecule has 134 valence electrons. The van der Waals surface area contributed by atoms with Gasteiger partial charge in [-0.1, -0.05) is 24.3 Å². The summed E-state index contributed by atoms with van der Waals surface area (Å²) in [5.74, 6) is -2.35. The summed E-state index contributed by atoms with van der Waals surface area (Å²) in [6.07, 6.45) is 2.78. The second-order valence-electron chi connectivity index (χ2n) is 6.45. The molecule has 1 aliphatic rings. The minimum atomic E-state index is -1.18. The van der Waals surface area contributed by atoms with E-state index in [0.29, 0.717) is 0 Å². The van der Waals surface area contributed by atoms with Crippen LogP contribution in [0.15, 0.2) is 42.5 Å². The molecule has 0 aliphatic heterocycles. The number of primary amides is 1. The third-order valence-corrected chi connectivity index (χ3v) is 4.89. The van der Waals surface area contributed by atoms with Crippen LogP contribution < -0.4 is 5.73 Å². The summed E-state index contributed by atoms with van der Waals surface area (Å²) in [7, 11) is 1.70. The minimum absolute atomic E-state index is 0.0779. The van der Waals surface area contributed by atoms with E-state index in [1.54, 1.807) is 11.9 Å². The standard InChI is InChI=1S/C20H20N2O4/c1-22(17-8-4-6-12-5-2-3-7-14(12)17)19(24)15-10-9-13(20(25)26)11-16(15)18(21)23/h2-3,5,7,9-11,17H,4,6,8H2,1H3,(H2,21,23)(H,25,26). The predicted molar refractivity (Wildman–Crippen MR) is 96.1 cm³/mol. The van der Waals surface area contributed by atoms with Crippen molar-refractivity contribution in [2.45, 2.75) is 25.3 Å². The summed E-state index contributed by atoms with van der Waals surface area (Å²) in [6, 6.07) is 11.8. The molecule has 26 heavy (non-hydrogen) atoms. The average molecular weight is 352 g/mol. The van der Waals surface area contributed by atoms with Crippen LogP contribution in [0.5, 0.6) is 0 Å². The molecule has 3 rings (SSSR count). The van der Waals surface area contributed by atoms with Crippen LogP contribution in [-0.2, 0) is 6.42 Å². The van der Waals surface area contributed by atoms with E-state index in [9.17, 15) is 14.4 Å². The Labute approximate surface area is 151 Å². The Morgan fingerprint density at radius 1 is 1.12 bits per heavy atom. The van der Waals surface area contributed by atoms with Crippen molar-refractivity contribution in [1.82, 2.24) is 4.90 Å². The molecule has 0 fully saturated rings. The van der Waals surface area contributed by atoms with Gasteiger partial charge in [-0.05, 0) is 48.6 Å². The second-order valence-corrected chi connectivity index (χ2v) is 6.45. The van der Waals surface area contributed by atoms with Crippen LogP contribution in [0.3, 0.4) is 0 Å². The summed E-state index contributed by atoms with van der Waals surface area (Å²) in [5.41, 5.74) is 7.66. The van der Waals surface area contributed by atoms with E-state index >= 15 is 0 Å². The highest BCUT2D eigenvalue weighted by Gasteiger charge is 2.29. The summed E-state index contributed by atoms with van der Waals surface area (Å²) in [5, 5.41) is 9.10. The van der Waals surface area contributed by atoms with Gasteiger partial charge in [0.2, 0.25) is 5.91 Å². The van der Waals surface area contributed by atoms with E-state index in [1.165, 1.54) is 17.7 Å². The molecule has 0 saturated heterocycles. The molecule has 0 saturated carbocycles. The number of amides is 2. The number of carbonyl (C=O) groups excluding carboxylic acids is 2. The zero-order valence-corrected chi connectivity index (χ0v) is 14.4. The van der Waals surface area contributed by atoms with Crippen LogP contribution in [-0.4, -0.2) is 34.8 Å². The normalized spacial score (nSPS) is 15.8. The number of hydrogen-bond donors (Lipinski definition) is 2. The molecule has 0 radical (unpaired) electrons. The first kappa shape index (κ1) is 17.7. The fourth-order valence-corrected chi connectivity index (χ4v) is 3.53. The van der Waals surface area contributed by atoms with Crippen molar-refractivity contribution < 1.29 is 19.5 Å². The van der Waals surface area contributed by atoms with E-state index in [2.05, 4.69) is 6.07 Å². The van der Waals surface area contributed by atoms with Gasteiger partial charge in [0.25, 0.3) is 5.91 Å². The number of carbonyl (C=O) groups is 3. The number of aromatic carboxylic acids is 1. The van der Waals surface area contributed by atoms with Crippen LogP contribution in [0.25, 0.3) is 0 Å². The maximum Gasteiger partial charge on any atom is 0.335 e. The average Bonchev–Trinajstić information content (AvgIpc) is 2.65. The van der Waals surface area contributed by atoms with Crippen LogP contribution in [0, 0.1) is 0 Å². The van der Waals surface area contributed by atoms with Crippen molar-refractivity contribution in [3.8, 4) is 0 Å². The highest BCUT2D eigenvalue weighted by molar-refractivity contribution is 6.08. The first-order chi connectivity index (χ1) is 12.4.